The second-order valence-electron chi connectivity index (χ2n) is 6.68. The molecule has 4 nitrogen and oxygen atoms in total. The van der Waals surface area contributed by atoms with E-state index >= 15 is 0 Å². The van der Waals surface area contributed by atoms with Gasteiger partial charge in [-0.1, -0.05) is 24.3 Å². The van der Waals surface area contributed by atoms with Gasteiger partial charge in [0, 0.05) is 11.5 Å². The van der Waals surface area contributed by atoms with E-state index in [9.17, 15) is 13.6 Å². The number of amides is 1. The Hall–Kier alpha value is -3.54. The van der Waals surface area contributed by atoms with E-state index < -0.39 is 17.5 Å². The highest BCUT2D eigenvalue weighted by Gasteiger charge is 2.16. The molecule has 0 aliphatic rings. The molecule has 1 aromatic heterocycles. The molecule has 1 amide bonds. The molecule has 0 fully saturated rings. The maximum atomic E-state index is 13.8. The normalized spacial score (nSPS) is 11.0. The van der Waals surface area contributed by atoms with Crippen LogP contribution in [-0.2, 0) is 0 Å². The summed E-state index contributed by atoms with van der Waals surface area (Å²) >= 11 is 0. The minimum atomic E-state index is -0.922. The molecule has 0 saturated heterocycles. The summed E-state index contributed by atoms with van der Waals surface area (Å²) in [4.78, 5) is 12.3. The number of carbonyl (C=O) groups is 1. The van der Waals surface area contributed by atoms with Crippen molar-refractivity contribution in [2.24, 2.45) is 0 Å². The van der Waals surface area contributed by atoms with Crippen molar-refractivity contribution in [3.8, 4) is 11.1 Å². The molecule has 2 N–H and O–H groups in total. The number of nitrogens with one attached hydrogen (secondary N) is 2. The summed E-state index contributed by atoms with van der Waals surface area (Å²) in [6.07, 6.45) is 0. The first-order valence-electron chi connectivity index (χ1n) is 8.75. The zero-order chi connectivity index (χ0) is 19.8. The second kappa shape index (κ2) is 6.88. The zero-order valence-corrected chi connectivity index (χ0v) is 15.3. The van der Waals surface area contributed by atoms with Crippen LogP contribution in [0.5, 0.6) is 0 Å². The molecule has 0 saturated carbocycles. The molecular formula is C22H17F2N3O. The molecule has 4 aromatic rings. The number of aryl methyl sites for hydroxylation is 2. The number of hydrogen-bond donors (Lipinski definition) is 2. The topological polar surface area (TPSA) is 57.8 Å². The molecule has 0 bridgehead atoms. The highest BCUT2D eigenvalue weighted by Crippen LogP contribution is 2.31. The molecule has 28 heavy (non-hydrogen) atoms. The first kappa shape index (κ1) is 17.9. The number of aromatic nitrogens is 2. The van der Waals surface area contributed by atoms with Crippen molar-refractivity contribution < 1.29 is 13.6 Å². The number of carbonyl (C=O) groups excluding carboxylic acids is 1. The Morgan fingerprint density at radius 2 is 1.75 bits per heavy atom. The number of halogens is 2. The fourth-order valence-corrected chi connectivity index (χ4v) is 3.39. The first-order chi connectivity index (χ1) is 13.4. The maximum absolute atomic E-state index is 13.8. The lowest BCUT2D eigenvalue weighted by molar-refractivity contribution is 0.102. The second-order valence-corrected chi connectivity index (χ2v) is 6.68. The van der Waals surface area contributed by atoms with Gasteiger partial charge in [-0.25, -0.2) is 8.78 Å². The Balaban J connectivity index is 1.68. The third kappa shape index (κ3) is 3.13. The van der Waals surface area contributed by atoms with E-state index in [0.29, 0.717) is 11.5 Å². The van der Waals surface area contributed by atoms with E-state index in [0.717, 1.165) is 28.8 Å². The van der Waals surface area contributed by atoms with Gasteiger partial charge in [0.15, 0.2) is 5.82 Å². The van der Waals surface area contributed by atoms with Crippen LogP contribution >= 0.6 is 0 Å². The molecule has 0 atom stereocenters. The third-order valence-corrected chi connectivity index (χ3v) is 4.74. The molecule has 3 aromatic carbocycles. The van der Waals surface area contributed by atoms with Crippen LogP contribution in [0, 0.1) is 25.5 Å². The first-order valence-corrected chi connectivity index (χ1v) is 8.75. The van der Waals surface area contributed by atoms with Gasteiger partial charge in [0.2, 0.25) is 0 Å². The monoisotopic (exact) mass is 377 g/mol. The number of rotatable bonds is 3. The number of fused-ring (bicyclic) bond motifs is 1. The van der Waals surface area contributed by atoms with Crippen LogP contribution < -0.4 is 5.32 Å². The number of anilines is 1. The lowest BCUT2D eigenvalue weighted by Gasteiger charge is -2.10. The average molecular weight is 377 g/mol. The van der Waals surface area contributed by atoms with Crippen molar-refractivity contribution >= 4 is 22.6 Å². The Bertz CT molecular complexity index is 1190. The van der Waals surface area contributed by atoms with Crippen LogP contribution in [0.2, 0.25) is 0 Å². The minimum Gasteiger partial charge on any atom is -0.304 e. The van der Waals surface area contributed by atoms with E-state index in [-0.39, 0.29) is 11.4 Å². The Morgan fingerprint density at radius 1 is 1.00 bits per heavy atom. The van der Waals surface area contributed by atoms with Crippen LogP contribution in [0.15, 0.2) is 54.6 Å². The van der Waals surface area contributed by atoms with Crippen molar-refractivity contribution in [1.82, 2.24) is 10.2 Å². The van der Waals surface area contributed by atoms with Gasteiger partial charge >= 0.3 is 0 Å². The quantitative estimate of drug-likeness (QED) is 0.504. The van der Waals surface area contributed by atoms with E-state index in [1.165, 1.54) is 11.1 Å². The van der Waals surface area contributed by atoms with Crippen LogP contribution in [0.3, 0.4) is 0 Å². The third-order valence-electron chi connectivity index (χ3n) is 4.74. The molecule has 0 radical (unpaired) electrons. The number of H-pyrrole nitrogens is 1. The number of benzene rings is 3. The summed E-state index contributed by atoms with van der Waals surface area (Å²) in [6, 6.07) is 14.7. The molecule has 4 rings (SSSR count). The predicted octanol–water partition coefficient (Wildman–Crippen LogP) is 5.38. The molecule has 6 heteroatoms. The lowest BCUT2D eigenvalue weighted by atomic mass is 9.95. The molecule has 0 aliphatic heterocycles. The zero-order valence-electron chi connectivity index (χ0n) is 15.3. The van der Waals surface area contributed by atoms with Gasteiger partial charge in [-0.05, 0) is 60.4 Å². The summed E-state index contributed by atoms with van der Waals surface area (Å²) < 4.78 is 26.9. The SMILES string of the molecule is Cc1cccc(C)c1-c1ccc2c(NC(=O)c3ccc(F)cc3F)n[nH]c2c1. The average Bonchev–Trinajstić information content (AvgIpc) is 3.03. The van der Waals surface area contributed by atoms with Gasteiger partial charge in [-0.2, -0.15) is 5.10 Å². The van der Waals surface area contributed by atoms with E-state index in [1.54, 1.807) is 0 Å². The van der Waals surface area contributed by atoms with Crippen molar-refractivity contribution in [3.05, 3.63) is 82.9 Å². The largest absolute Gasteiger partial charge is 0.304 e. The summed E-state index contributed by atoms with van der Waals surface area (Å²) in [7, 11) is 0. The highest BCUT2D eigenvalue weighted by molar-refractivity contribution is 6.08. The molecule has 140 valence electrons. The number of aromatic amines is 1. The smallest absolute Gasteiger partial charge is 0.259 e. The number of hydrogen-bond acceptors (Lipinski definition) is 2. The fraction of sp³-hybridized carbons (Fsp3) is 0.0909. The van der Waals surface area contributed by atoms with Crippen LogP contribution in [-0.4, -0.2) is 16.1 Å². The van der Waals surface area contributed by atoms with Crippen LogP contribution in [0.25, 0.3) is 22.0 Å². The summed E-state index contributed by atoms with van der Waals surface area (Å²) in [5.41, 5.74) is 5.02. The van der Waals surface area contributed by atoms with E-state index in [4.69, 9.17) is 0 Å². The Labute approximate surface area is 160 Å². The van der Waals surface area contributed by atoms with Gasteiger partial charge in [0.1, 0.15) is 11.6 Å². The van der Waals surface area contributed by atoms with Crippen LogP contribution in [0.1, 0.15) is 21.5 Å². The molecule has 1 heterocycles. The predicted molar refractivity (Wildman–Crippen MR) is 105 cm³/mol. The van der Waals surface area contributed by atoms with Crippen molar-refractivity contribution in [2.75, 3.05) is 5.32 Å². The van der Waals surface area contributed by atoms with Gasteiger partial charge < -0.3 is 5.32 Å². The van der Waals surface area contributed by atoms with Gasteiger partial charge in [-0.15, -0.1) is 0 Å². The standard InChI is InChI=1S/C22H17F2N3O/c1-12-4-3-5-13(2)20(12)14-6-8-17-19(10-14)26-27-21(17)25-22(28)16-9-7-15(23)11-18(16)24/h3-11H,1-2H3,(H2,25,26,27,28). The molecule has 0 spiro atoms. The molecule has 0 aliphatic carbocycles. The minimum absolute atomic E-state index is 0.246. The van der Waals surface area contributed by atoms with Crippen LogP contribution in [0.4, 0.5) is 14.6 Å². The lowest BCUT2D eigenvalue weighted by Crippen LogP contribution is -2.14. The van der Waals surface area contributed by atoms with Gasteiger partial charge in [0.25, 0.3) is 5.91 Å². The number of nitrogens with zero attached hydrogens (tertiary/aromatic N) is 1. The van der Waals surface area contributed by atoms with E-state index in [1.807, 2.05) is 24.3 Å². The maximum Gasteiger partial charge on any atom is 0.259 e. The van der Waals surface area contributed by atoms with Crippen molar-refractivity contribution in [3.63, 3.8) is 0 Å². The Morgan fingerprint density at radius 3 is 2.46 bits per heavy atom. The Kier molecular flexibility index (Phi) is 4.39. The van der Waals surface area contributed by atoms with Gasteiger partial charge in [-0.3, -0.25) is 9.89 Å². The summed E-state index contributed by atoms with van der Waals surface area (Å²) in [6.45, 7) is 4.12. The highest BCUT2D eigenvalue weighted by atomic mass is 19.1. The van der Waals surface area contributed by atoms with Gasteiger partial charge in [0.05, 0.1) is 11.1 Å². The molecular weight excluding hydrogens is 360 g/mol. The summed E-state index contributed by atoms with van der Waals surface area (Å²) in [5, 5.41) is 10.3. The fourth-order valence-electron chi connectivity index (χ4n) is 3.39. The van der Waals surface area contributed by atoms with Crippen molar-refractivity contribution in [2.45, 2.75) is 13.8 Å². The van der Waals surface area contributed by atoms with E-state index in [2.05, 4.69) is 41.5 Å². The molecule has 0 unspecified atom stereocenters. The van der Waals surface area contributed by atoms with Crippen molar-refractivity contribution in [1.29, 1.82) is 0 Å². The summed E-state index contributed by atoms with van der Waals surface area (Å²) in [5.74, 6) is -2.06.